The van der Waals surface area contributed by atoms with E-state index in [-0.39, 0.29) is 24.8 Å². The molecule has 0 aromatic rings. The molecule has 26 heavy (non-hydrogen) atoms. The molecule has 2 rings (SSSR count). The van der Waals surface area contributed by atoms with Crippen LogP contribution in [0.1, 0.15) is 90.9 Å². The van der Waals surface area contributed by atoms with E-state index in [2.05, 4.69) is 34.5 Å². The molecule has 0 fully saturated rings. The minimum atomic E-state index is 0. The molecule has 154 valence electrons. The Morgan fingerprint density at radius 2 is 0.923 bits per heavy atom. The Kier molecular flexibility index (Phi) is 15.3. The topological polar surface area (TPSA) is 48.8 Å². The van der Waals surface area contributed by atoms with E-state index in [4.69, 9.17) is 0 Å². The zero-order valence-electron chi connectivity index (χ0n) is 16.8. The van der Waals surface area contributed by atoms with Gasteiger partial charge in [0.05, 0.1) is 24.8 Å². The third kappa shape index (κ3) is 11.3. The van der Waals surface area contributed by atoms with Gasteiger partial charge in [-0.1, -0.05) is 51.4 Å². The fourth-order valence-electron chi connectivity index (χ4n) is 3.55. The smallest absolute Gasteiger partial charge is 0.0966 e. The molecule has 0 aromatic heterocycles. The highest BCUT2D eigenvalue weighted by atomic mass is 35.5. The molecule has 2 aliphatic rings. The molecule has 6 heteroatoms. The van der Waals surface area contributed by atoms with Crippen LogP contribution in [0.4, 0.5) is 0 Å². The first kappa shape index (κ1) is 25.5. The van der Waals surface area contributed by atoms with Crippen LogP contribution in [-0.4, -0.2) is 36.8 Å². The molecule has 0 aliphatic carbocycles. The molecular weight excluding hydrogens is 367 g/mol. The van der Waals surface area contributed by atoms with Crippen LogP contribution >= 0.6 is 24.8 Å². The van der Waals surface area contributed by atoms with Crippen molar-refractivity contribution in [2.24, 2.45) is 9.98 Å². The Hall–Kier alpha value is -0.480. The van der Waals surface area contributed by atoms with Crippen LogP contribution in [0.2, 0.25) is 0 Å². The Morgan fingerprint density at radius 1 is 0.615 bits per heavy atom. The van der Waals surface area contributed by atoms with Crippen molar-refractivity contribution in [3.8, 4) is 0 Å². The SMILES string of the molecule is CC1CN=C(CCCCCCCCCCCCC2=NCC(C)N2)N1.Cl.Cl. The number of aliphatic imine (C=N–C) groups is 2. The molecule has 0 saturated carbocycles. The van der Waals surface area contributed by atoms with Gasteiger partial charge in [0.2, 0.25) is 0 Å². The lowest BCUT2D eigenvalue weighted by molar-refractivity contribution is 0.555. The molecule has 2 aliphatic heterocycles. The van der Waals surface area contributed by atoms with Crippen molar-refractivity contribution < 1.29 is 0 Å². The van der Waals surface area contributed by atoms with Crippen LogP contribution in [0.5, 0.6) is 0 Å². The highest BCUT2D eigenvalue weighted by molar-refractivity contribution is 5.86. The van der Waals surface area contributed by atoms with Gasteiger partial charge in [-0.2, -0.15) is 0 Å². The predicted molar refractivity (Wildman–Crippen MR) is 120 cm³/mol. The molecule has 0 saturated heterocycles. The number of hydrogen-bond acceptors (Lipinski definition) is 4. The minimum absolute atomic E-state index is 0. The Bertz CT molecular complexity index is 375. The normalized spacial score (nSPS) is 21.2. The van der Waals surface area contributed by atoms with E-state index in [1.165, 1.54) is 75.9 Å². The third-order valence-corrected chi connectivity index (χ3v) is 5.02. The summed E-state index contributed by atoms with van der Waals surface area (Å²) in [6.07, 6.45) is 16.1. The van der Waals surface area contributed by atoms with Gasteiger partial charge < -0.3 is 10.6 Å². The molecule has 0 radical (unpaired) electrons. The number of unbranched alkanes of at least 4 members (excludes halogenated alkanes) is 9. The van der Waals surface area contributed by atoms with Crippen LogP contribution < -0.4 is 10.6 Å². The highest BCUT2D eigenvalue weighted by Gasteiger charge is 2.12. The van der Waals surface area contributed by atoms with Crippen molar-refractivity contribution in [1.82, 2.24) is 10.6 Å². The van der Waals surface area contributed by atoms with Crippen LogP contribution in [0.15, 0.2) is 9.98 Å². The quantitative estimate of drug-likeness (QED) is 0.408. The molecular formula is C20H40Cl2N4. The van der Waals surface area contributed by atoms with E-state index in [1.807, 2.05) is 0 Å². The van der Waals surface area contributed by atoms with E-state index in [0.717, 1.165) is 25.9 Å². The first-order valence-corrected chi connectivity index (χ1v) is 10.3. The Morgan fingerprint density at radius 3 is 1.19 bits per heavy atom. The maximum absolute atomic E-state index is 4.52. The lowest BCUT2D eigenvalue weighted by atomic mass is 10.0. The van der Waals surface area contributed by atoms with Crippen molar-refractivity contribution >= 4 is 36.5 Å². The van der Waals surface area contributed by atoms with Crippen LogP contribution in [0.25, 0.3) is 0 Å². The summed E-state index contributed by atoms with van der Waals surface area (Å²) < 4.78 is 0. The summed E-state index contributed by atoms with van der Waals surface area (Å²) >= 11 is 0. The fraction of sp³-hybridized carbons (Fsp3) is 0.900. The molecule has 2 unspecified atom stereocenters. The van der Waals surface area contributed by atoms with E-state index in [9.17, 15) is 0 Å². The van der Waals surface area contributed by atoms with Gasteiger partial charge >= 0.3 is 0 Å². The standard InChI is InChI=1S/C20H38N4.2ClH/c1-17-15-21-19(23-17)13-11-9-7-5-3-4-6-8-10-12-14-20-22-16-18(2)24-20;;/h17-18H,3-16H2,1-2H3,(H,21,23)(H,22,24);2*1H. The second-order valence-electron chi connectivity index (χ2n) is 7.70. The summed E-state index contributed by atoms with van der Waals surface area (Å²) in [5, 5.41) is 6.90. The summed E-state index contributed by atoms with van der Waals surface area (Å²) in [5.74, 6) is 2.49. The number of amidine groups is 2. The maximum Gasteiger partial charge on any atom is 0.0966 e. The zero-order valence-corrected chi connectivity index (χ0v) is 18.4. The van der Waals surface area contributed by atoms with Crippen LogP contribution in [-0.2, 0) is 0 Å². The maximum atomic E-state index is 4.52. The molecule has 0 spiro atoms. The number of halogens is 2. The van der Waals surface area contributed by atoms with Gasteiger partial charge in [-0.25, -0.2) is 0 Å². The van der Waals surface area contributed by atoms with Gasteiger partial charge in [0.25, 0.3) is 0 Å². The second-order valence-corrected chi connectivity index (χ2v) is 7.70. The summed E-state index contributed by atoms with van der Waals surface area (Å²) in [5.41, 5.74) is 0. The van der Waals surface area contributed by atoms with Crippen molar-refractivity contribution in [3.63, 3.8) is 0 Å². The molecule has 2 atom stereocenters. The molecule has 0 bridgehead atoms. The van der Waals surface area contributed by atoms with Crippen molar-refractivity contribution in [3.05, 3.63) is 0 Å². The van der Waals surface area contributed by atoms with E-state index >= 15 is 0 Å². The third-order valence-electron chi connectivity index (χ3n) is 5.02. The zero-order chi connectivity index (χ0) is 17.0. The number of nitrogens with one attached hydrogen (secondary N) is 2. The largest absolute Gasteiger partial charge is 0.370 e. The summed E-state index contributed by atoms with van der Waals surface area (Å²) in [7, 11) is 0. The Balaban J connectivity index is 0.00000312. The van der Waals surface area contributed by atoms with Crippen LogP contribution in [0.3, 0.4) is 0 Å². The van der Waals surface area contributed by atoms with Gasteiger partial charge in [0.15, 0.2) is 0 Å². The average Bonchev–Trinajstić information content (AvgIpc) is 3.17. The minimum Gasteiger partial charge on any atom is -0.370 e. The average molecular weight is 407 g/mol. The lowest BCUT2D eigenvalue weighted by Crippen LogP contribution is -2.26. The van der Waals surface area contributed by atoms with E-state index in [1.54, 1.807) is 0 Å². The molecule has 2 N–H and O–H groups in total. The first-order valence-electron chi connectivity index (χ1n) is 10.3. The van der Waals surface area contributed by atoms with E-state index in [0.29, 0.717) is 12.1 Å². The van der Waals surface area contributed by atoms with Gasteiger partial charge in [0.1, 0.15) is 0 Å². The van der Waals surface area contributed by atoms with Gasteiger partial charge in [-0.15, -0.1) is 24.8 Å². The number of hydrogen-bond donors (Lipinski definition) is 2. The first-order chi connectivity index (χ1) is 11.7. The van der Waals surface area contributed by atoms with Crippen LogP contribution in [0, 0.1) is 0 Å². The molecule has 2 heterocycles. The Labute approximate surface area is 173 Å². The summed E-state index contributed by atoms with van der Waals surface area (Å²) in [4.78, 5) is 9.04. The number of rotatable bonds is 13. The van der Waals surface area contributed by atoms with Gasteiger partial charge in [0, 0.05) is 24.9 Å². The number of nitrogens with zero attached hydrogens (tertiary/aromatic N) is 2. The highest BCUT2D eigenvalue weighted by Crippen LogP contribution is 2.13. The van der Waals surface area contributed by atoms with Crippen molar-refractivity contribution in [1.29, 1.82) is 0 Å². The molecule has 4 nitrogen and oxygen atoms in total. The lowest BCUT2D eigenvalue weighted by Gasteiger charge is -2.06. The van der Waals surface area contributed by atoms with Crippen molar-refractivity contribution in [2.75, 3.05) is 13.1 Å². The molecule has 0 aromatic carbocycles. The monoisotopic (exact) mass is 406 g/mol. The second kappa shape index (κ2) is 15.6. The van der Waals surface area contributed by atoms with Gasteiger partial charge in [-0.3, -0.25) is 9.98 Å². The summed E-state index contributed by atoms with van der Waals surface area (Å²) in [6.45, 7) is 6.35. The summed E-state index contributed by atoms with van der Waals surface area (Å²) in [6, 6.07) is 1.12. The van der Waals surface area contributed by atoms with E-state index < -0.39 is 0 Å². The predicted octanol–water partition coefficient (Wildman–Crippen LogP) is 5.29. The molecule has 0 amide bonds. The van der Waals surface area contributed by atoms with Gasteiger partial charge in [-0.05, 0) is 26.7 Å². The fourth-order valence-corrected chi connectivity index (χ4v) is 3.55. The van der Waals surface area contributed by atoms with Crippen molar-refractivity contribution in [2.45, 2.75) is 103 Å².